The lowest BCUT2D eigenvalue weighted by atomic mass is 9.57. The van der Waals surface area contributed by atoms with E-state index in [1.54, 1.807) is 19.6 Å². The lowest BCUT2D eigenvalue weighted by molar-refractivity contribution is -0.171. The Kier molecular flexibility index (Phi) is 7.84. The first-order chi connectivity index (χ1) is 19.1. The average Bonchev–Trinajstić information content (AvgIpc) is 3.47. The number of hydrogen-bond acceptors (Lipinski definition) is 7. The fourth-order valence-corrected chi connectivity index (χ4v) is 9.09. The molecule has 4 bridgehead atoms. The molecule has 1 saturated heterocycles. The Bertz CT molecular complexity index is 1220. The first kappa shape index (κ1) is 30.4. The summed E-state index contributed by atoms with van der Waals surface area (Å²) in [6, 6.07) is -0.149. The van der Waals surface area contributed by atoms with E-state index in [4.69, 9.17) is 18.6 Å². The highest BCUT2D eigenvalue weighted by Crippen LogP contribution is 2.61. The van der Waals surface area contributed by atoms with Crippen LogP contribution in [0, 0.1) is 29.6 Å². The third-order valence-corrected chi connectivity index (χ3v) is 15.4. The molecule has 5 rings (SSSR count). The highest BCUT2D eigenvalue weighted by Gasteiger charge is 2.68. The second-order valence-corrected chi connectivity index (χ2v) is 19.0. The number of cyclic esters (lactones) is 1. The SMILES string of the molecule is CO[C@H]1C[C@H]2C=C[C@@H]3[C@H]4C(=O)C(C)C(n5ccnc5)[C@@H]3O[C@@]24/C(C)=C\[C@@H](C)[C@@H]([C@@H](C)O[Si](C)(C)C(C)(C)C)OC1=O. The number of carbonyl (C=O) groups excluding carboxylic acids is 2. The Morgan fingerprint density at radius 1 is 1.20 bits per heavy atom. The van der Waals surface area contributed by atoms with Crippen LogP contribution in [-0.2, 0) is 28.2 Å². The zero-order valence-electron chi connectivity index (χ0n) is 26.3. The van der Waals surface area contributed by atoms with Crippen molar-refractivity contribution < 1.29 is 28.2 Å². The molecule has 4 aliphatic rings. The third-order valence-electron chi connectivity index (χ3n) is 10.8. The summed E-state index contributed by atoms with van der Waals surface area (Å²) in [6.07, 6.45) is 10.5. The smallest absolute Gasteiger partial charge is 0.335 e. The summed E-state index contributed by atoms with van der Waals surface area (Å²) in [6.45, 7) is 19.2. The summed E-state index contributed by atoms with van der Waals surface area (Å²) >= 11 is 0. The van der Waals surface area contributed by atoms with Gasteiger partial charge in [0.05, 0.1) is 30.5 Å². The number of esters is 1. The summed E-state index contributed by atoms with van der Waals surface area (Å²) in [7, 11) is -0.590. The van der Waals surface area contributed by atoms with Crippen molar-refractivity contribution in [1.82, 2.24) is 9.55 Å². The van der Waals surface area contributed by atoms with Gasteiger partial charge in [-0.25, -0.2) is 9.78 Å². The number of Topliss-reactive ketones (excluding diaryl/α,β-unsaturated/α-hetero) is 1. The molecule has 1 aromatic heterocycles. The molecule has 0 N–H and O–H groups in total. The van der Waals surface area contributed by atoms with E-state index in [-0.39, 0.29) is 58.7 Å². The molecular formula is C32H48N2O6Si. The van der Waals surface area contributed by atoms with Crippen LogP contribution in [0.25, 0.3) is 0 Å². The molecule has 2 unspecified atom stereocenters. The minimum Gasteiger partial charge on any atom is -0.457 e. The molecule has 11 atom stereocenters. The zero-order valence-corrected chi connectivity index (χ0v) is 27.3. The van der Waals surface area contributed by atoms with Crippen LogP contribution in [0.4, 0.5) is 0 Å². The van der Waals surface area contributed by atoms with Crippen LogP contribution in [0.3, 0.4) is 0 Å². The van der Waals surface area contributed by atoms with E-state index < -0.39 is 32.1 Å². The van der Waals surface area contributed by atoms with Crippen LogP contribution in [0.1, 0.15) is 60.9 Å². The molecule has 0 radical (unpaired) electrons. The van der Waals surface area contributed by atoms with Crippen LogP contribution >= 0.6 is 0 Å². The molecule has 1 aromatic rings. The number of hydrogen-bond donors (Lipinski definition) is 0. The standard InChI is InChI=1S/C32H48N2O6Si/c1-18-15-19(2)32-22(16-24(37-8)30(36)38-28(18)21(4)40-41(9,10)31(5,6)7)11-12-23-25(32)27(35)20(3)26(29(23)39-32)34-14-13-33-17-34/h11-15,17-18,20-26,28-29H,16H2,1-10H3/b19-15-/t18-,20?,21-,22-,23-,24+,25+,26?,28+,29-,32+/m1/s1. The Labute approximate surface area is 246 Å². The summed E-state index contributed by atoms with van der Waals surface area (Å²) in [5, 5.41) is 0.0128. The van der Waals surface area contributed by atoms with Crippen molar-refractivity contribution in [1.29, 1.82) is 0 Å². The molecule has 2 fully saturated rings. The normalized spacial score (nSPS) is 41.3. The van der Waals surface area contributed by atoms with Crippen molar-refractivity contribution in [2.24, 2.45) is 29.6 Å². The van der Waals surface area contributed by atoms with Gasteiger partial charge >= 0.3 is 5.97 Å². The third kappa shape index (κ3) is 4.81. The van der Waals surface area contributed by atoms with E-state index in [0.29, 0.717) is 6.42 Å². The Hall–Kier alpha value is -2.07. The number of imidazole rings is 1. The van der Waals surface area contributed by atoms with Crippen LogP contribution in [0.2, 0.25) is 18.1 Å². The topological polar surface area (TPSA) is 88.9 Å². The summed E-state index contributed by atoms with van der Waals surface area (Å²) < 4.78 is 27.9. The van der Waals surface area contributed by atoms with Gasteiger partial charge in [0.1, 0.15) is 17.5 Å². The average molecular weight is 585 g/mol. The molecule has 2 aliphatic heterocycles. The molecular weight excluding hydrogens is 536 g/mol. The lowest BCUT2D eigenvalue weighted by Crippen LogP contribution is -2.54. The van der Waals surface area contributed by atoms with Crippen molar-refractivity contribution in [3.05, 3.63) is 42.5 Å². The van der Waals surface area contributed by atoms with Gasteiger partial charge in [0.25, 0.3) is 0 Å². The first-order valence-corrected chi connectivity index (χ1v) is 18.0. The van der Waals surface area contributed by atoms with Crippen LogP contribution in [0.15, 0.2) is 42.5 Å². The van der Waals surface area contributed by atoms with Crippen molar-refractivity contribution in [3.8, 4) is 0 Å². The van der Waals surface area contributed by atoms with Crippen LogP contribution < -0.4 is 0 Å². The van der Waals surface area contributed by atoms with Gasteiger partial charge in [-0.1, -0.05) is 52.8 Å². The van der Waals surface area contributed by atoms with Crippen molar-refractivity contribution in [2.45, 2.75) is 109 Å². The zero-order chi connectivity index (χ0) is 30.1. The van der Waals surface area contributed by atoms with E-state index in [0.717, 1.165) is 5.57 Å². The molecule has 41 heavy (non-hydrogen) atoms. The van der Waals surface area contributed by atoms with Crippen LogP contribution in [-0.4, -0.2) is 66.7 Å². The van der Waals surface area contributed by atoms with Gasteiger partial charge in [0, 0.05) is 43.2 Å². The second-order valence-electron chi connectivity index (χ2n) is 14.3. The molecule has 1 saturated carbocycles. The largest absolute Gasteiger partial charge is 0.457 e. The molecule has 9 heteroatoms. The van der Waals surface area contributed by atoms with E-state index >= 15 is 0 Å². The van der Waals surface area contributed by atoms with Crippen LogP contribution in [0.5, 0.6) is 0 Å². The molecule has 0 aromatic carbocycles. The molecule has 8 nitrogen and oxygen atoms in total. The number of nitrogens with zero attached hydrogens (tertiary/aromatic N) is 2. The summed E-state index contributed by atoms with van der Waals surface area (Å²) in [5.74, 6) is -1.18. The minimum absolute atomic E-state index is 0.0128. The van der Waals surface area contributed by atoms with Crippen molar-refractivity contribution in [3.63, 3.8) is 0 Å². The fraction of sp³-hybridized carbons (Fsp3) is 0.719. The van der Waals surface area contributed by atoms with Gasteiger partial charge in [-0.3, -0.25) is 4.79 Å². The molecule has 226 valence electrons. The van der Waals surface area contributed by atoms with E-state index in [9.17, 15) is 9.59 Å². The molecule has 2 aliphatic carbocycles. The predicted octanol–water partition coefficient (Wildman–Crippen LogP) is 5.52. The van der Waals surface area contributed by atoms with E-state index in [1.807, 2.05) is 24.6 Å². The van der Waals surface area contributed by atoms with Crippen molar-refractivity contribution >= 4 is 20.1 Å². The Morgan fingerprint density at radius 2 is 1.90 bits per heavy atom. The molecule has 1 spiro atoms. The van der Waals surface area contributed by atoms with Gasteiger partial charge in [-0.15, -0.1) is 0 Å². The number of aromatic nitrogens is 2. The highest BCUT2D eigenvalue weighted by molar-refractivity contribution is 6.74. The first-order valence-electron chi connectivity index (χ1n) is 15.1. The number of methoxy groups -OCH3 is 1. The van der Waals surface area contributed by atoms with Gasteiger partial charge in [0.15, 0.2) is 14.4 Å². The molecule has 0 amide bonds. The fourth-order valence-electron chi connectivity index (χ4n) is 7.68. The maximum Gasteiger partial charge on any atom is 0.335 e. The Balaban J connectivity index is 1.58. The van der Waals surface area contributed by atoms with Gasteiger partial charge < -0.3 is 23.2 Å². The lowest BCUT2D eigenvalue weighted by Gasteiger charge is -2.46. The predicted molar refractivity (Wildman–Crippen MR) is 159 cm³/mol. The Morgan fingerprint density at radius 3 is 2.51 bits per heavy atom. The van der Waals surface area contributed by atoms with Gasteiger partial charge in [0.2, 0.25) is 0 Å². The second kappa shape index (κ2) is 10.6. The summed E-state index contributed by atoms with van der Waals surface area (Å²) in [5.41, 5.74) is 0.155. The maximum atomic E-state index is 14.3. The van der Waals surface area contributed by atoms with Gasteiger partial charge in [-0.2, -0.15) is 0 Å². The quantitative estimate of drug-likeness (QED) is 0.256. The van der Waals surface area contributed by atoms with E-state index in [1.165, 1.54) is 0 Å². The van der Waals surface area contributed by atoms with Gasteiger partial charge in [-0.05, 0) is 44.0 Å². The summed E-state index contributed by atoms with van der Waals surface area (Å²) in [4.78, 5) is 32.2. The van der Waals surface area contributed by atoms with E-state index in [2.05, 4.69) is 70.9 Å². The number of ether oxygens (including phenoxy) is 3. The number of carbonyl (C=O) groups is 2. The number of rotatable bonds is 5. The maximum absolute atomic E-state index is 14.3. The number of ketones is 1. The highest BCUT2D eigenvalue weighted by atomic mass is 28.4. The van der Waals surface area contributed by atoms with Crippen molar-refractivity contribution in [2.75, 3.05) is 7.11 Å². The monoisotopic (exact) mass is 584 g/mol. The molecule has 3 heterocycles. The minimum atomic E-state index is -2.14.